The van der Waals surface area contributed by atoms with Crippen molar-refractivity contribution >= 4 is 11.8 Å². The number of cyclic esters (lactones) is 1. The first-order valence-corrected chi connectivity index (χ1v) is 7.05. The Balaban J connectivity index is 2.07. The largest absolute Gasteiger partial charge is 0.431 e. The van der Waals surface area contributed by atoms with Crippen LogP contribution in [0.1, 0.15) is 53.9 Å². The number of carbonyl (C=O) groups excluding carboxylic acids is 2. The normalized spacial score (nSPS) is 46.7. The van der Waals surface area contributed by atoms with Crippen LogP contribution >= 0.6 is 0 Å². The Morgan fingerprint density at radius 2 is 1.68 bits per heavy atom. The van der Waals surface area contributed by atoms with Gasteiger partial charge in [0.25, 0.3) is 0 Å². The van der Waals surface area contributed by atoms with Crippen molar-refractivity contribution in [2.75, 3.05) is 0 Å². The number of esters is 1. The van der Waals surface area contributed by atoms with Gasteiger partial charge in [-0.25, -0.2) is 4.79 Å². The molecule has 0 bridgehead atoms. The molecule has 0 radical (unpaired) electrons. The zero-order chi connectivity index (χ0) is 14.3. The molecule has 2 saturated carbocycles. The van der Waals surface area contributed by atoms with Gasteiger partial charge in [-0.05, 0) is 18.3 Å². The Morgan fingerprint density at radius 3 is 2.21 bits per heavy atom. The Hall–Kier alpha value is -0.900. The van der Waals surface area contributed by atoms with E-state index in [1.165, 1.54) is 0 Å². The molecule has 1 spiro atoms. The van der Waals surface area contributed by atoms with Crippen LogP contribution < -0.4 is 0 Å². The highest BCUT2D eigenvalue weighted by Gasteiger charge is 2.82. The molecule has 0 amide bonds. The number of rotatable bonds is 0. The number of hydrogen-bond acceptors (Lipinski definition) is 4. The van der Waals surface area contributed by atoms with E-state index in [-0.39, 0.29) is 17.1 Å². The third kappa shape index (κ3) is 1.28. The van der Waals surface area contributed by atoms with Gasteiger partial charge in [-0.3, -0.25) is 4.79 Å². The van der Waals surface area contributed by atoms with Crippen LogP contribution in [-0.2, 0) is 19.1 Å². The molecule has 1 saturated heterocycles. The van der Waals surface area contributed by atoms with Crippen LogP contribution in [-0.4, -0.2) is 23.1 Å². The standard InChI is InChI=1S/C15H22O4/c1-12(2)7-6-8-14(5)9(12)10(16)15(14)11(17)18-13(3,4)19-15/h9H,6-8H2,1-5H3/t9-,14+,15+/m1/s1. The van der Waals surface area contributed by atoms with Gasteiger partial charge in [0.05, 0.1) is 0 Å². The van der Waals surface area contributed by atoms with E-state index in [0.29, 0.717) is 0 Å². The average Bonchev–Trinajstić information content (AvgIpc) is 2.49. The average molecular weight is 266 g/mol. The molecule has 0 aromatic rings. The van der Waals surface area contributed by atoms with E-state index in [9.17, 15) is 9.59 Å². The molecular formula is C15H22O4. The van der Waals surface area contributed by atoms with E-state index in [1.54, 1.807) is 13.8 Å². The summed E-state index contributed by atoms with van der Waals surface area (Å²) in [6, 6.07) is 0. The fourth-order valence-electron chi connectivity index (χ4n) is 4.72. The van der Waals surface area contributed by atoms with E-state index in [4.69, 9.17) is 9.47 Å². The minimum atomic E-state index is -1.35. The van der Waals surface area contributed by atoms with Crippen LogP contribution in [0.5, 0.6) is 0 Å². The lowest BCUT2D eigenvalue weighted by Gasteiger charge is -2.63. The van der Waals surface area contributed by atoms with Gasteiger partial charge in [-0.15, -0.1) is 0 Å². The van der Waals surface area contributed by atoms with E-state index in [2.05, 4.69) is 13.8 Å². The molecule has 0 aromatic heterocycles. The summed E-state index contributed by atoms with van der Waals surface area (Å²) in [5.74, 6) is -1.66. The third-order valence-corrected chi connectivity index (χ3v) is 5.37. The summed E-state index contributed by atoms with van der Waals surface area (Å²) in [6.07, 6.45) is 2.89. The van der Waals surface area contributed by atoms with Gasteiger partial charge in [0.2, 0.25) is 11.4 Å². The van der Waals surface area contributed by atoms with E-state index >= 15 is 0 Å². The van der Waals surface area contributed by atoms with Crippen molar-refractivity contribution in [3.8, 4) is 0 Å². The summed E-state index contributed by atoms with van der Waals surface area (Å²) < 4.78 is 11.1. The van der Waals surface area contributed by atoms with Crippen LogP contribution in [0.25, 0.3) is 0 Å². The lowest BCUT2D eigenvalue weighted by Crippen LogP contribution is -2.77. The van der Waals surface area contributed by atoms with Crippen molar-refractivity contribution in [2.45, 2.75) is 65.3 Å². The maximum atomic E-state index is 12.7. The van der Waals surface area contributed by atoms with E-state index < -0.39 is 22.8 Å². The molecular weight excluding hydrogens is 244 g/mol. The van der Waals surface area contributed by atoms with Crippen molar-refractivity contribution in [1.29, 1.82) is 0 Å². The molecule has 106 valence electrons. The van der Waals surface area contributed by atoms with Crippen LogP contribution in [0.4, 0.5) is 0 Å². The number of fused-ring (bicyclic) bond motifs is 2. The minimum absolute atomic E-state index is 0.0638. The summed E-state index contributed by atoms with van der Waals surface area (Å²) in [5.41, 5.74) is -1.83. The summed E-state index contributed by atoms with van der Waals surface area (Å²) >= 11 is 0. The smallest absolute Gasteiger partial charge is 0.349 e. The third-order valence-electron chi connectivity index (χ3n) is 5.37. The highest BCUT2D eigenvalue weighted by Crippen LogP contribution is 2.68. The molecule has 4 nitrogen and oxygen atoms in total. The first-order valence-electron chi connectivity index (χ1n) is 7.05. The molecule has 4 heteroatoms. The van der Waals surface area contributed by atoms with Crippen molar-refractivity contribution in [3.63, 3.8) is 0 Å². The van der Waals surface area contributed by atoms with E-state index in [0.717, 1.165) is 19.3 Å². The van der Waals surface area contributed by atoms with Crippen molar-refractivity contribution < 1.29 is 19.1 Å². The van der Waals surface area contributed by atoms with Gasteiger partial charge in [0, 0.05) is 25.2 Å². The fourth-order valence-corrected chi connectivity index (χ4v) is 4.72. The quantitative estimate of drug-likeness (QED) is 0.499. The van der Waals surface area contributed by atoms with Gasteiger partial charge >= 0.3 is 5.97 Å². The fraction of sp³-hybridized carbons (Fsp3) is 0.867. The molecule has 0 unspecified atom stereocenters. The predicted octanol–water partition coefficient (Wildman–Crippen LogP) is 2.45. The summed E-state index contributed by atoms with van der Waals surface area (Å²) in [5, 5.41) is 0. The lowest BCUT2D eigenvalue weighted by atomic mass is 9.39. The van der Waals surface area contributed by atoms with Crippen LogP contribution in [0.3, 0.4) is 0 Å². The van der Waals surface area contributed by atoms with Crippen molar-refractivity contribution in [3.05, 3.63) is 0 Å². The molecule has 1 aliphatic heterocycles. The zero-order valence-corrected chi connectivity index (χ0v) is 12.3. The maximum absolute atomic E-state index is 12.7. The second-order valence-corrected chi connectivity index (χ2v) is 7.63. The Kier molecular flexibility index (Phi) is 2.22. The molecule has 1 heterocycles. The molecule has 0 N–H and O–H groups in total. The first kappa shape index (κ1) is 13.1. The molecule has 3 aliphatic rings. The summed E-state index contributed by atoms with van der Waals surface area (Å²) in [6.45, 7) is 9.63. The number of ether oxygens (including phenoxy) is 2. The van der Waals surface area contributed by atoms with Crippen molar-refractivity contribution in [1.82, 2.24) is 0 Å². The maximum Gasteiger partial charge on any atom is 0.349 e. The predicted molar refractivity (Wildman–Crippen MR) is 68.2 cm³/mol. The van der Waals surface area contributed by atoms with Crippen LogP contribution in [0.2, 0.25) is 0 Å². The van der Waals surface area contributed by atoms with Gasteiger partial charge in [0.15, 0.2) is 5.78 Å². The number of hydrogen-bond donors (Lipinski definition) is 0. The Labute approximate surface area is 113 Å². The highest BCUT2D eigenvalue weighted by atomic mass is 16.8. The second-order valence-electron chi connectivity index (χ2n) is 7.63. The Morgan fingerprint density at radius 1 is 1.05 bits per heavy atom. The molecule has 19 heavy (non-hydrogen) atoms. The summed E-state index contributed by atoms with van der Waals surface area (Å²) in [4.78, 5) is 25.0. The van der Waals surface area contributed by atoms with Gasteiger partial charge in [-0.2, -0.15) is 0 Å². The number of Topliss-reactive ketones (excluding diaryl/α,β-unsaturated/α-hetero) is 1. The minimum Gasteiger partial charge on any atom is -0.431 e. The van der Waals surface area contributed by atoms with Crippen molar-refractivity contribution in [2.24, 2.45) is 16.7 Å². The molecule has 0 aromatic carbocycles. The summed E-state index contributed by atoms with van der Waals surface area (Å²) in [7, 11) is 0. The first-order chi connectivity index (χ1) is 8.57. The van der Waals surface area contributed by atoms with Gasteiger partial charge in [0.1, 0.15) is 0 Å². The topological polar surface area (TPSA) is 52.6 Å². The lowest BCUT2D eigenvalue weighted by molar-refractivity contribution is -0.252. The van der Waals surface area contributed by atoms with E-state index in [1.807, 2.05) is 6.92 Å². The SMILES string of the molecule is CC1(C)OC(=O)[C@@]2(O1)C(=O)[C@@H]1C(C)(C)CCC[C@@]12C. The van der Waals surface area contributed by atoms with Gasteiger partial charge < -0.3 is 9.47 Å². The monoisotopic (exact) mass is 266 g/mol. The number of carbonyl (C=O) groups is 2. The molecule has 3 atom stereocenters. The molecule has 3 fully saturated rings. The molecule has 3 rings (SSSR count). The van der Waals surface area contributed by atoms with Gasteiger partial charge in [-0.1, -0.05) is 27.2 Å². The molecule has 2 aliphatic carbocycles. The van der Waals surface area contributed by atoms with Crippen LogP contribution in [0, 0.1) is 16.7 Å². The second kappa shape index (κ2) is 3.22. The number of ketones is 1. The Bertz CT molecular complexity index is 479. The highest BCUT2D eigenvalue weighted by molar-refractivity contribution is 6.16. The van der Waals surface area contributed by atoms with Crippen LogP contribution in [0.15, 0.2) is 0 Å². The zero-order valence-electron chi connectivity index (χ0n) is 12.3.